The van der Waals surface area contributed by atoms with E-state index in [0.717, 1.165) is 11.1 Å². The lowest BCUT2D eigenvalue weighted by Gasteiger charge is -2.06. The molecule has 9 heteroatoms. The molecule has 1 amide bonds. The van der Waals surface area contributed by atoms with Gasteiger partial charge in [0, 0.05) is 26.4 Å². The molecule has 3 rings (SSSR count). The van der Waals surface area contributed by atoms with Gasteiger partial charge in [-0.1, -0.05) is 52.5 Å². The maximum atomic E-state index is 11.9. The van der Waals surface area contributed by atoms with Crippen LogP contribution < -0.4 is 5.43 Å². The maximum Gasteiger partial charge on any atom is 0.250 e. The summed E-state index contributed by atoms with van der Waals surface area (Å²) < 4.78 is 5.67. The van der Waals surface area contributed by atoms with E-state index in [1.807, 2.05) is 0 Å². The minimum absolute atomic E-state index is 0.211. The second-order valence-corrected chi connectivity index (χ2v) is 8.46. The number of nitrogens with zero attached hydrogens (tertiary/aromatic N) is 1. The van der Waals surface area contributed by atoms with Crippen LogP contribution in [0.5, 0.6) is 0 Å². The van der Waals surface area contributed by atoms with E-state index in [0.29, 0.717) is 37.4 Å². The number of benzene rings is 2. The lowest BCUT2D eigenvalue weighted by atomic mass is 10.2. The van der Waals surface area contributed by atoms with Crippen molar-refractivity contribution in [3.63, 3.8) is 0 Å². The van der Waals surface area contributed by atoms with Crippen molar-refractivity contribution in [3.8, 4) is 11.3 Å². The van der Waals surface area contributed by atoms with Gasteiger partial charge in [-0.2, -0.15) is 5.10 Å². The fourth-order valence-electron chi connectivity index (χ4n) is 2.37. The third-order valence-corrected chi connectivity index (χ3v) is 5.96. The largest absolute Gasteiger partial charge is 0.455 e. The highest BCUT2D eigenvalue weighted by Crippen LogP contribution is 2.31. The molecule has 0 aliphatic carbocycles. The number of hydrazone groups is 1. The van der Waals surface area contributed by atoms with Crippen LogP contribution in [0.25, 0.3) is 11.3 Å². The SMILES string of the molecule is O=C(CSCc1c(Cl)cccc1Cl)N/N=C\c1ccc(-c2ccc(Cl)cc2Cl)o1. The molecule has 0 bridgehead atoms. The molecule has 0 aliphatic rings. The van der Waals surface area contributed by atoms with E-state index in [1.165, 1.54) is 18.0 Å². The van der Waals surface area contributed by atoms with Crippen molar-refractivity contribution in [1.82, 2.24) is 5.43 Å². The van der Waals surface area contributed by atoms with Crippen LogP contribution in [0.4, 0.5) is 0 Å². The van der Waals surface area contributed by atoms with Gasteiger partial charge in [0.05, 0.1) is 17.0 Å². The summed E-state index contributed by atoms with van der Waals surface area (Å²) in [4.78, 5) is 11.9. The molecule has 0 saturated carbocycles. The number of carbonyl (C=O) groups excluding carboxylic acids is 1. The summed E-state index contributed by atoms with van der Waals surface area (Å²) in [5, 5.41) is 6.10. The molecular formula is C20H14Cl4N2O2S. The van der Waals surface area contributed by atoms with Gasteiger partial charge in [0.2, 0.25) is 5.91 Å². The minimum atomic E-state index is -0.248. The Kier molecular flexibility index (Phi) is 7.92. The standard InChI is InChI=1S/C20H14Cl4N2O2S/c21-12-4-6-14(18(24)8-12)19-7-5-13(28-19)9-25-26-20(27)11-29-10-15-16(22)2-1-3-17(15)23/h1-9H,10-11H2,(H,26,27)/b25-9-. The van der Waals surface area contributed by atoms with Crippen molar-refractivity contribution in [2.45, 2.75) is 5.75 Å². The summed E-state index contributed by atoms with van der Waals surface area (Å²) >= 11 is 25.7. The number of halogens is 4. The van der Waals surface area contributed by atoms with Crippen molar-refractivity contribution >= 4 is 70.3 Å². The van der Waals surface area contributed by atoms with E-state index in [-0.39, 0.29) is 11.7 Å². The predicted molar refractivity (Wildman–Crippen MR) is 123 cm³/mol. The number of hydrogen-bond acceptors (Lipinski definition) is 4. The van der Waals surface area contributed by atoms with Gasteiger partial charge in [0.15, 0.2) is 0 Å². The summed E-state index contributed by atoms with van der Waals surface area (Å²) in [6.07, 6.45) is 1.42. The zero-order chi connectivity index (χ0) is 20.8. The average Bonchev–Trinajstić information content (AvgIpc) is 3.12. The maximum absolute atomic E-state index is 11.9. The molecule has 0 radical (unpaired) electrons. The predicted octanol–water partition coefficient (Wildman–Crippen LogP) is 6.94. The highest BCUT2D eigenvalue weighted by molar-refractivity contribution is 7.99. The number of carbonyl (C=O) groups is 1. The minimum Gasteiger partial charge on any atom is -0.455 e. The third kappa shape index (κ3) is 6.17. The lowest BCUT2D eigenvalue weighted by Crippen LogP contribution is -2.19. The molecule has 29 heavy (non-hydrogen) atoms. The van der Waals surface area contributed by atoms with Crippen LogP contribution in [-0.4, -0.2) is 17.9 Å². The van der Waals surface area contributed by atoms with Crippen LogP contribution in [0.3, 0.4) is 0 Å². The number of rotatable bonds is 7. The summed E-state index contributed by atoms with van der Waals surface area (Å²) in [5.74, 6) is 1.54. The Labute approximate surface area is 192 Å². The van der Waals surface area contributed by atoms with Gasteiger partial charge in [-0.3, -0.25) is 4.79 Å². The first-order valence-electron chi connectivity index (χ1n) is 8.32. The number of nitrogens with one attached hydrogen (secondary N) is 1. The van der Waals surface area contributed by atoms with Crippen molar-refractivity contribution in [2.75, 3.05) is 5.75 Å². The Morgan fingerprint density at radius 1 is 1.03 bits per heavy atom. The van der Waals surface area contributed by atoms with Crippen molar-refractivity contribution < 1.29 is 9.21 Å². The second-order valence-electron chi connectivity index (χ2n) is 5.81. The van der Waals surface area contributed by atoms with Gasteiger partial charge in [0.1, 0.15) is 11.5 Å². The van der Waals surface area contributed by atoms with Crippen LogP contribution in [-0.2, 0) is 10.5 Å². The number of amides is 1. The molecule has 3 aromatic rings. The van der Waals surface area contributed by atoms with E-state index < -0.39 is 0 Å². The molecule has 1 N–H and O–H groups in total. The Bertz CT molecular complexity index is 1030. The molecule has 2 aromatic carbocycles. The van der Waals surface area contributed by atoms with Gasteiger partial charge in [-0.25, -0.2) is 5.43 Å². The first kappa shape index (κ1) is 22.1. The normalized spacial score (nSPS) is 11.2. The van der Waals surface area contributed by atoms with Crippen LogP contribution in [0, 0.1) is 0 Å². The molecule has 0 fully saturated rings. The zero-order valence-electron chi connectivity index (χ0n) is 14.8. The van der Waals surface area contributed by atoms with Gasteiger partial charge >= 0.3 is 0 Å². The van der Waals surface area contributed by atoms with Gasteiger partial charge in [-0.15, -0.1) is 11.8 Å². The Hall–Kier alpha value is -1.63. The Balaban J connectivity index is 1.50. The van der Waals surface area contributed by atoms with E-state index in [2.05, 4.69) is 10.5 Å². The van der Waals surface area contributed by atoms with E-state index in [9.17, 15) is 4.79 Å². The Morgan fingerprint density at radius 3 is 2.52 bits per heavy atom. The molecule has 1 aromatic heterocycles. The molecule has 150 valence electrons. The smallest absolute Gasteiger partial charge is 0.250 e. The van der Waals surface area contributed by atoms with Gasteiger partial charge < -0.3 is 4.42 Å². The highest BCUT2D eigenvalue weighted by atomic mass is 35.5. The summed E-state index contributed by atoms with van der Waals surface area (Å²) in [7, 11) is 0. The average molecular weight is 488 g/mol. The zero-order valence-corrected chi connectivity index (χ0v) is 18.6. The molecule has 1 heterocycles. The quantitative estimate of drug-likeness (QED) is 0.290. The number of hydrogen-bond donors (Lipinski definition) is 1. The fourth-order valence-corrected chi connectivity index (χ4v) is 4.43. The monoisotopic (exact) mass is 486 g/mol. The molecule has 0 saturated heterocycles. The van der Waals surface area contributed by atoms with E-state index in [1.54, 1.807) is 48.5 Å². The summed E-state index contributed by atoms with van der Waals surface area (Å²) in [6, 6.07) is 13.9. The topological polar surface area (TPSA) is 54.6 Å². The van der Waals surface area contributed by atoms with Crippen LogP contribution >= 0.6 is 58.2 Å². The van der Waals surface area contributed by atoms with Crippen molar-refractivity contribution in [3.05, 3.63) is 79.9 Å². The third-order valence-electron chi connectivity index (χ3n) is 3.75. The summed E-state index contributed by atoms with van der Waals surface area (Å²) in [5.41, 5.74) is 3.98. The van der Waals surface area contributed by atoms with Gasteiger partial charge in [-0.05, 0) is 48.0 Å². The molecule has 0 spiro atoms. The molecule has 0 aliphatic heterocycles. The first-order chi connectivity index (χ1) is 13.9. The fraction of sp³-hybridized carbons (Fsp3) is 0.100. The van der Waals surface area contributed by atoms with Crippen LogP contribution in [0.2, 0.25) is 20.1 Å². The van der Waals surface area contributed by atoms with Gasteiger partial charge in [0.25, 0.3) is 0 Å². The molecule has 0 unspecified atom stereocenters. The second kappa shape index (κ2) is 10.4. The Morgan fingerprint density at radius 2 is 1.79 bits per heavy atom. The molecular weight excluding hydrogens is 474 g/mol. The van der Waals surface area contributed by atoms with Crippen LogP contribution in [0.15, 0.2) is 58.0 Å². The first-order valence-corrected chi connectivity index (χ1v) is 11.0. The van der Waals surface area contributed by atoms with E-state index in [4.69, 9.17) is 50.8 Å². The van der Waals surface area contributed by atoms with E-state index >= 15 is 0 Å². The summed E-state index contributed by atoms with van der Waals surface area (Å²) in [6.45, 7) is 0. The molecule has 4 nitrogen and oxygen atoms in total. The highest BCUT2D eigenvalue weighted by Gasteiger charge is 2.09. The number of thioether (sulfide) groups is 1. The lowest BCUT2D eigenvalue weighted by molar-refractivity contribution is -0.118. The molecule has 0 atom stereocenters. The van der Waals surface area contributed by atoms with Crippen molar-refractivity contribution in [1.29, 1.82) is 0 Å². The van der Waals surface area contributed by atoms with Crippen LogP contribution in [0.1, 0.15) is 11.3 Å². The number of furan rings is 1. The van der Waals surface area contributed by atoms with Crippen molar-refractivity contribution in [2.24, 2.45) is 5.10 Å².